The maximum Gasteiger partial charge on any atom is 0.239 e. The molecule has 118 valence electrons. The summed E-state index contributed by atoms with van der Waals surface area (Å²) in [6, 6.07) is 11.7. The number of hydrogen-bond acceptors (Lipinski definition) is 5. The first-order valence-corrected chi connectivity index (χ1v) is 8.25. The summed E-state index contributed by atoms with van der Waals surface area (Å²) in [5, 5.41) is 6.79. The number of carbonyl (C=O) groups is 1. The first-order chi connectivity index (χ1) is 11.1. The topological polar surface area (TPSA) is 66.9 Å². The van der Waals surface area contributed by atoms with Crippen LogP contribution in [0.5, 0.6) is 0 Å². The van der Waals surface area contributed by atoms with E-state index >= 15 is 0 Å². The molecule has 1 atom stereocenters. The molecule has 1 aromatic carbocycles. The molecule has 5 nitrogen and oxygen atoms in total. The molecule has 2 N–H and O–H groups in total. The van der Waals surface area contributed by atoms with Crippen LogP contribution in [0.15, 0.2) is 42.6 Å². The lowest BCUT2D eigenvalue weighted by Crippen LogP contribution is -2.32. The molecule has 2 heterocycles. The zero-order valence-corrected chi connectivity index (χ0v) is 13.9. The predicted molar refractivity (Wildman–Crippen MR) is 93.6 cm³/mol. The number of amides is 1. The second-order valence-electron chi connectivity index (χ2n) is 5.34. The summed E-state index contributed by atoms with van der Waals surface area (Å²) >= 11 is 1.54. The van der Waals surface area contributed by atoms with Crippen LogP contribution in [0, 0.1) is 6.92 Å². The Morgan fingerprint density at radius 1 is 1.26 bits per heavy atom. The Hall–Kier alpha value is -2.47. The van der Waals surface area contributed by atoms with Crippen molar-refractivity contribution in [3.05, 3.63) is 53.9 Å². The molecule has 0 radical (unpaired) electrons. The van der Waals surface area contributed by atoms with E-state index in [-0.39, 0.29) is 18.5 Å². The zero-order chi connectivity index (χ0) is 16.2. The van der Waals surface area contributed by atoms with E-state index in [1.807, 2.05) is 50.2 Å². The highest BCUT2D eigenvalue weighted by atomic mass is 32.1. The second-order valence-corrected chi connectivity index (χ2v) is 6.37. The van der Waals surface area contributed by atoms with Gasteiger partial charge in [0.1, 0.15) is 0 Å². The van der Waals surface area contributed by atoms with E-state index in [1.165, 1.54) is 0 Å². The highest BCUT2D eigenvalue weighted by Gasteiger charge is 2.13. The lowest BCUT2D eigenvalue weighted by atomic mass is 10.1. The number of benzene rings is 1. The minimum atomic E-state index is -0.124. The third-order valence-electron chi connectivity index (χ3n) is 3.53. The van der Waals surface area contributed by atoms with E-state index in [1.54, 1.807) is 17.5 Å². The van der Waals surface area contributed by atoms with Gasteiger partial charge in [0.25, 0.3) is 0 Å². The Balaban J connectivity index is 1.58. The molecule has 0 bridgehead atoms. The number of para-hydroxylation sites is 1. The van der Waals surface area contributed by atoms with Gasteiger partial charge in [-0.2, -0.15) is 0 Å². The summed E-state index contributed by atoms with van der Waals surface area (Å²) in [5.74, 6) is -0.0817. The zero-order valence-electron chi connectivity index (χ0n) is 13.0. The van der Waals surface area contributed by atoms with Crippen molar-refractivity contribution in [2.75, 3.05) is 11.9 Å². The Labute approximate surface area is 138 Å². The third-order valence-corrected chi connectivity index (χ3v) is 4.53. The minimum Gasteiger partial charge on any atom is -0.352 e. The van der Waals surface area contributed by atoms with Gasteiger partial charge in [-0.1, -0.05) is 29.5 Å². The van der Waals surface area contributed by atoms with Crippen LogP contribution < -0.4 is 10.6 Å². The van der Waals surface area contributed by atoms with Crippen LogP contribution in [0.3, 0.4) is 0 Å². The van der Waals surface area contributed by atoms with Crippen molar-refractivity contribution >= 4 is 32.6 Å². The van der Waals surface area contributed by atoms with E-state index in [0.717, 1.165) is 26.6 Å². The number of nitrogens with one attached hydrogen (secondary N) is 2. The normalized spacial score (nSPS) is 12.1. The number of carbonyl (C=O) groups excluding carboxylic acids is 1. The number of pyridine rings is 1. The molecule has 0 saturated carbocycles. The molecule has 1 amide bonds. The molecular weight excluding hydrogens is 308 g/mol. The average molecular weight is 326 g/mol. The second kappa shape index (κ2) is 6.75. The standard InChI is InChI=1S/C17H18N4OS/c1-11-6-5-9-18-16(11)12(2)20-15(22)10-19-17-21-13-7-3-4-8-14(13)23-17/h3-9,12H,10H2,1-2H3,(H,19,21)(H,20,22). The maximum absolute atomic E-state index is 12.1. The van der Waals surface area contributed by atoms with Crippen molar-refractivity contribution in [2.45, 2.75) is 19.9 Å². The summed E-state index contributed by atoms with van der Waals surface area (Å²) < 4.78 is 1.10. The van der Waals surface area contributed by atoms with E-state index in [0.29, 0.717) is 0 Å². The number of hydrogen-bond donors (Lipinski definition) is 2. The van der Waals surface area contributed by atoms with Gasteiger partial charge < -0.3 is 10.6 Å². The Kier molecular flexibility index (Phi) is 4.52. The average Bonchev–Trinajstić information content (AvgIpc) is 2.96. The number of aryl methyl sites for hydroxylation is 1. The quantitative estimate of drug-likeness (QED) is 0.755. The van der Waals surface area contributed by atoms with Crippen molar-refractivity contribution in [2.24, 2.45) is 0 Å². The van der Waals surface area contributed by atoms with Crippen LogP contribution in [0.4, 0.5) is 5.13 Å². The molecule has 0 aliphatic heterocycles. The van der Waals surface area contributed by atoms with Gasteiger partial charge in [0.05, 0.1) is 28.5 Å². The lowest BCUT2D eigenvalue weighted by molar-refractivity contribution is -0.120. The summed E-state index contributed by atoms with van der Waals surface area (Å²) in [7, 11) is 0. The highest BCUT2D eigenvalue weighted by Crippen LogP contribution is 2.25. The van der Waals surface area contributed by atoms with Crippen LogP contribution in [0.25, 0.3) is 10.2 Å². The lowest BCUT2D eigenvalue weighted by Gasteiger charge is -2.15. The van der Waals surface area contributed by atoms with Crippen LogP contribution in [0.2, 0.25) is 0 Å². The summed E-state index contributed by atoms with van der Waals surface area (Å²) in [6.45, 7) is 4.12. The molecule has 6 heteroatoms. The number of aromatic nitrogens is 2. The summed E-state index contributed by atoms with van der Waals surface area (Å²) in [4.78, 5) is 20.9. The summed E-state index contributed by atoms with van der Waals surface area (Å²) in [6.07, 6.45) is 1.74. The molecule has 0 aliphatic carbocycles. The fourth-order valence-corrected chi connectivity index (χ4v) is 3.28. The van der Waals surface area contributed by atoms with Gasteiger partial charge >= 0.3 is 0 Å². The molecule has 0 aliphatic rings. The predicted octanol–water partition coefficient (Wildman–Crippen LogP) is 3.29. The van der Waals surface area contributed by atoms with Gasteiger partial charge in [0, 0.05) is 6.20 Å². The van der Waals surface area contributed by atoms with E-state index in [9.17, 15) is 4.79 Å². The Bertz CT molecular complexity index is 797. The van der Waals surface area contributed by atoms with Gasteiger partial charge in [0.2, 0.25) is 5.91 Å². The molecule has 1 unspecified atom stereocenters. The van der Waals surface area contributed by atoms with E-state index < -0.39 is 0 Å². The first kappa shape index (κ1) is 15.4. The molecule has 3 aromatic rings. The van der Waals surface area contributed by atoms with E-state index in [4.69, 9.17) is 0 Å². The molecule has 0 fully saturated rings. The number of rotatable bonds is 5. The fourth-order valence-electron chi connectivity index (χ4n) is 2.42. The van der Waals surface area contributed by atoms with Gasteiger partial charge in [-0.3, -0.25) is 9.78 Å². The largest absolute Gasteiger partial charge is 0.352 e. The number of fused-ring (bicyclic) bond motifs is 1. The molecule has 2 aromatic heterocycles. The monoisotopic (exact) mass is 326 g/mol. The minimum absolute atomic E-state index is 0.0817. The van der Waals surface area contributed by atoms with Crippen LogP contribution in [-0.4, -0.2) is 22.4 Å². The molecule has 0 saturated heterocycles. The van der Waals surface area contributed by atoms with Crippen LogP contribution >= 0.6 is 11.3 Å². The number of thiazole rings is 1. The van der Waals surface area contributed by atoms with Gasteiger partial charge in [-0.15, -0.1) is 0 Å². The van der Waals surface area contributed by atoms with Crippen molar-refractivity contribution < 1.29 is 4.79 Å². The van der Waals surface area contributed by atoms with Crippen molar-refractivity contribution in [3.8, 4) is 0 Å². The first-order valence-electron chi connectivity index (χ1n) is 7.44. The third kappa shape index (κ3) is 3.65. The number of anilines is 1. The summed E-state index contributed by atoms with van der Waals surface area (Å²) in [5.41, 5.74) is 2.90. The molecular formula is C17H18N4OS. The van der Waals surface area contributed by atoms with Gasteiger partial charge in [0.15, 0.2) is 5.13 Å². The van der Waals surface area contributed by atoms with Crippen LogP contribution in [0.1, 0.15) is 24.2 Å². The Morgan fingerprint density at radius 3 is 2.87 bits per heavy atom. The molecule has 23 heavy (non-hydrogen) atoms. The van der Waals surface area contributed by atoms with Crippen molar-refractivity contribution in [1.82, 2.24) is 15.3 Å². The molecule has 3 rings (SSSR count). The van der Waals surface area contributed by atoms with Crippen LogP contribution in [-0.2, 0) is 4.79 Å². The fraction of sp³-hybridized carbons (Fsp3) is 0.235. The van der Waals surface area contributed by atoms with Crippen molar-refractivity contribution in [3.63, 3.8) is 0 Å². The smallest absolute Gasteiger partial charge is 0.239 e. The van der Waals surface area contributed by atoms with Gasteiger partial charge in [-0.25, -0.2) is 4.98 Å². The number of nitrogens with zero attached hydrogens (tertiary/aromatic N) is 2. The Morgan fingerprint density at radius 2 is 2.09 bits per heavy atom. The SMILES string of the molecule is Cc1cccnc1C(C)NC(=O)CNc1nc2ccccc2s1. The highest BCUT2D eigenvalue weighted by molar-refractivity contribution is 7.22. The molecule has 0 spiro atoms. The van der Waals surface area contributed by atoms with E-state index in [2.05, 4.69) is 20.6 Å². The van der Waals surface area contributed by atoms with Gasteiger partial charge in [-0.05, 0) is 37.6 Å². The van der Waals surface area contributed by atoms with Crippen molar-refractivity contribution in [1.29, 1.82) is 0 Å². The maximum atomic E-state index is 12.1.